The summed E-state index contributed by atoms with van der Waals surface area (Å²) in [5.41, 5.74) is 7.62. The molecule has 0 aliphatic rings. The van der Waals surface area contributed by atoms with Crippen molar-refractivity contribution in [1.82, 2.24) is 19.5 Å². The van der Waals surface area contributed by atoms with E-state index in [9.17, 15) is 0 Å². The normalized spacial score (nSPS) is 11.9. The molecule has 9 aromatic carbocycles. The summed E-state index contributed by atoms with van der Waals surface area (Å²) in [5.74, 6) is 1.85. The maximum absolute atomic E-state index is 6.97. The number of aromatic nitrogens is 4. The minimum Gasteiger partial charge on any atom is -0.454 e. The van der Waals surface area contributed by atoms with E-state index in [2.05, 4.69) is 126 Å². The molecule has 12 rings (SSSR count). The lowest BCUT2D eigenvalue weighted by Gasteiger charge is -2.13. The Morgan fingerprint density at radius 2 is 0.821 bits per heavy atom. The number of benzene rings is 9. The predicted octanol–water partition coefficient (Wildman–Crippen LogP) is 13.3. The number of hydrogen-bond donors (Lipinski definition) is 0. The van der Waals surface area contributed by atoms with Crippen molar-refractivity contribution >= 4 is 76.1 Å². The number of rotatable bonds is 4. The van der Waals surface area contributed by atoms with E-state index < -0.39 is 0 Å². The maximum atomic E-state index is 6.97. The van der Waals surface area contributed by atoms with Crippen LogP contribution in [0.1, 0.15) is 0 Å². The van der Waals surface area contributed by atoms with Crippen LogP contribution in [0.15, 0.2) is 186 Å². The van der Waals surface area contributed by atoms with Gasteiger partial charge in [-0.1, -0.05) is 146 Å². The van der Waals surface area contributed by atoms with E-state index >= 15 is 0 Å². The molecule has 0 radical (unpaired) electrons. The minimum absolute atomic E-state index is 0.593. The Balaban J connectivity index is 1.10. The second-order valence-corrected chi connectivity index (χ2v) is 14.4. The van der Waals surface area contributed by atoms with Crippen LogP contribution < -0.4 is 0 Å². The smallest absolute Gasteiger partial charge is 0.164 e. The molecular formula is C51H30N4O. The first kappa shape index (κ1) is 30.8. The zero-order chi connectivity index (χ0) is 36.7. The Morgan fingerprint density at radius 3 is 1.46 bits per heavy atom. The fourth-order valence-corrected chi connectivity index (χ4v) is 8.66. The Kier molecular flexibility index (Phi) is 6.56. The third kappa shape index (κ3) is 4.58. The quantitative estimate of drug-likeness (QED) is 0.170. The number of furan rings is 1. The van der Waals surface area contributed by atoms with E-state index in [4.69, 9.17) is 19.4 Å². The van der Waals surface area contributed by atoms with Gasteiger partial charge in [0.1, 0.15) is 5.58 Å². The van der Waals surface area contributed by atoms with Crippen LogP contribution >= 0.6 is 0 Å². The number of hydrogen-bond acceptors (Lipinski definition) is 4. The molecule has 0 fully saturated rings. The molecule has 0 aliphatic heterocycles. The van der Waals surface area contributed by atoms with Crippen LogP contribution in [-0.2, 0) is 0 Å². The molecule has 0 atom stereocenters. The Hall–Kier alpha value is -7.63. The van der Waals surface area contributed by atoms with E-state index in [-0.39, 0.29) is 0 Å². The van der Waals surface area contributed by atoms with Crippen LogP contribution in [0, 0.1) is 0 Å². The molecule has 56 heavy (non-hydrogen) atoms. The molecule has 0 spiro atoms. The molecule has 0 bridgehead atoms. The van der Waals surface area contributed by atoms with Gasteiger partial charge in [-0.3, -0.25) is 0 Å². The molecule has 5 heteroatoms. The van der Waals surface area contributed by atoms with Crippen LogP contribution in [-0.4, -0.2) is 19.5 Å². The molecule has 5 nitrogen and oxygen atoms in total. The molecule has 0 unspecified atom stereocenters. The highest BCUT2D eigenvalue weighted by Crippen LogP contribution is 2.42. The number of nitrogens with zero attached hydrogens (tertiary/aromatic N) is 4. The Labute approximate surface area is 320 Å². The lowest BCUT2D eigenvalue weighted by molar-refractivity contribution is 0.671. The molecule has 12 aromatic rings. The van der Waals surface area contributed by atoms with Gasteiger partial charge in [0.05, 0.1) is 11.0 Å². The van der Waals surface area contributed by atoms with Crippen molar-refractivity contribution in [2.45, 2.75) is 0 Å². The van der Waals surface area contributed by atoms with Gasteiger partial charge in [-0.15, -0.1) is 0 Å². The molecular weight excluding hydrogens is 685 g/mol. The van der Waals surface area contributed by atoms with Crippen LogP contribution in [0.4, 0.5) is 0 Å². The first-order valence-electron chi connectivity index (χ1n) is 18.9. The topological polar surface area (TPSA) is 56.7 Å². The standard InChI is InChI=1S/C51H30N4O/c1-3-13-31(14-4-1)49-52-50(32-15-5-2-6-16-32)54-51(53-49)33-23-25-41-43-28-27-42-40-21-11-12-22-45(40)55(47(42)48(43)56-46(41)29-33)34-24-26-39-37-19-8-7-17-35(37)36-18-9-10-20-38(36)44(39)30-34/h1-30H. The van der Waals surface area contributed by atoms with Gasteiger partial charge >= 0.3 is 0 Å². The molecule has 0 amide bonds. The van der Waals surface area contributed by atoms with Gasteiger partial charge < -0.3 is 8.98 Å². The number of para-hydroxylation sites is 1. The van der Waals surface area contributed by atoms with Crippen LogP contribution in [0.3, 0.4) is 0 Å². The molecule has 3 heterocycles. The zero-order valence-corrected chi connectivity index (χ0v) is 30.0. The van der Waals surface area contributed by atoms with Crippen LogP contribution in [0.5, 0.6) is 0 Å². The SMILES string of the molecule is c1ccc(-c2nc(-c3ccccc3)nc(-c3ccc4c(c3)oc3c4ccc4c5ccccc5n(-c5ccc6c7ccccc7c7ccccc7c6c5)c43)n2)cc1. The van der Waals surface area contributed by atoms with Crippen molar-refractivity contribution in [1.29, 1.82) is 0 Å². The summed E-state index contributed by atoms with van der Waals surface area (Å²) in [7, 11) is 0. The largest absolute Gasteiger partial charge is 0.454 e. The highest BCUT2D eigenvalue weighted by Gasteiger charge is 2.21. The van der Waals surface area contributed by atoms with Gasteiger partial charge in [-0.05, 0) is 68.7 Å². The Bertz CT molecular complexity index is 3440. The summed E-state index contributed by atoms with van der Waals surface area (Å²) >= 11 is 0. The summed E-state index contributed by atoms with van der Waals surface area (Å²) < 4.78 is 9.35. The molecule has 0 aliphatic carbocycles. The van der Waals surface area contributed by atoms with Crippen molar-refractivity contribution in [2.24, 2.45) is 0 Å². The molecule has 0 saturated heterocycles. The van der Waals surface area contributed by atoms with Gasteiger partial charge in [0.2, 0.25) is 0 Å². The fraction of sp³-hybridized carbons (Fsp3) is 0. The van der Waals surface area contributed by atoms with Gasteiger partial charge in [0.25, 0.3) is 0 Å². The van der Waals surface area contributed by atoms with E-state index in [1.165, 1.54) is 37.7 Å². The lowest BCUT2D eigenvalue weighted by atomic mass is 9.94. The first-order chi connectivity index (χ1) is 27.8. The van der Waals surface area contributed by atoms with E-state index in [1.54, 1.807) is 0 Å². The highest BCUT2D eigenvalue weighted by molar-refractivity contribution is 6.26. The second kappa shape index (κ2) is 11.9. The summed E-state index contributed by atoms with van der Waals surface area (Å²) in [4.78, 5) is 14.9. The third-order valence-electron chi connectivity index (χ3n) is 11.2. The van der Waals surface area contributed by atoms with Crippen LogP contribution in [0.2, 0.25) is 0 Å². The summed E-state index contributed by atoms with van der Waals surface area (Å²) in [6, 6.07) is 63.9. The van der Waals surface area contributed by atoms with Crippen molar-refractivity contribution in [3.8, 4) is 39.9 Å². The zero-order valence-electron chi connectivity index (χ0n) is 30.0. The monoisotopic (exact) mass is 714 g/mol. The second-order valence-electron chi connectivity index (χ2n) is 14.4. The van der Waals surface area contributed by atoms with E-state index in [0.717, 1.165) is 60.7 Å². The van der Waals surface area contributed by atoms with Crippen LogP contribution in [0.25, 0.3) is 116 Å². The van der Waals surface area contributed by atoms with Gasteiger partial charge in [0.15, 0.2) is 23.1 Å². The van der Waals surface area contributed by atoms with Gasteiger partial charge in [0, 0.05) is 43.9 Å². The van der Waals surface area contributed by atoms with Crippen molar-refractivity contribution in [3.05, 3.63) is 182 Å². The molecule has 260 valence electrons. The average Bonchev–Trinajstić information content (AvgIpc) is 3.82. The van der Waals surface area contributed by atoms with Gasteiger partial charge in [-0.2, -0.15) is 0 Å². The first-order valence-corrected chi connectivity index (χ1v) is 18.9. The highest BCUT2D eigenvalue weighted by atomic mass is 16.3. The minimum atomic E-state index is 0.593. The fourth-order valence-electron chi connectivity index (χ4n) is 8.66. The van der Waals surface area contributed by atoms with Crippen molar-refractivity contribution < 1.29 is 4.42 Å². The average molecular weight is 715 g/mol. The molecule has 3 aromatic heterocycles. The van der Waals surface area contributed by atoms with Crippen molar-refractivity contribution in [2.75, 3.05) is 0 Å². The Morgan fingerprint density at radius 1 is 0.339 bits per heavy atom. The lowest BCUT2D eigenvalue weighted by Crippen LogP contribution is -2.00. The summed E-state index contributed by atoms with van der Waals surface area (Å²) in [6.07, 6.45) is 0. The van der Waals surface area contributed by atoms with E-state index in [1.807, 2.05) is 60.7 Å². The predicted molar refractivity (Wildman–Crippen MR) is 230 cm³/mol. The van der Waals surface area contributed by atoms with Crippen molar-refractivity contribution in [3.63, 3.8) is 0 Å². The summed E-state index contributed by atoms with van der Waals surface area (Å²) in [5, 5.41) is 11.9. The molecule has 0 saturated carbocycles. The number of fused-ring (bicyclic) bond motifs is 13. The molecule has 0 N–H and O–H groups in total. The van der Waals surface area contributed by atoms with E-state index in [0.29, 0.717) is 17.5 Å². The van der Waals surface area contributed by atoms with Gasteiger partial charge in [-0.25, -0.2) is 15.0 Å². The summed E-state index contributed by atoms with van der Waals surface area (Å²) in [6.45, 7) is 0. The maximum Gasteiger partial charge on any atom is 0.164 e. The third-order valence-corrected chi connectivity index (χ3v) is 11.2.